The van der Waals surface area contributed by atoms with E-state index in [1.54, 1.807) is 0 Å². The number of aryl methyl sites for hydroxylation is 1. The first-order valence-corrected chi connectivity index (χ1v) is 7.56. The third-order valence-corrected chi connectivity index (χ3v) is 3.54. The van der Waals surface area contributed by atoms with E-state index in [-0.39, 0.29) is 10.7 Å². The Morgan fingerprint density at radius 3 is 2.62 bits per heavy atom. The van der Waals surface area contributed by atoms with Crippen LogP contribution in [0.15, 0.2) is 41.4 Å². The van der Waals surface area contributed by atoms with Gasteiger partial charge in [0.1, 0.15) is 4.90 Å². The molecule has 0 aliphatic heterocycles. The van der Waals surface area contributed by atoms with Crippen molar-refractivity contribution in [3.8, 4) is 0 Å². The number of nitrogens with two attached hydrogens (primary N) is 1. The Bertz CT molecular complexity index is 740. The number of sulfonamides is 1. The molecule has 2 aromatic rings. The summed E-state index contributed by atoms with van der Waals surface area (Å²) in [5.41, 5.74) is 0.917. The highest BCUT2D eigenvalue weighted by Gasteiger charge is 2.19. The number of aromatic nitrogens is 2. The van der Waals surface area contributed by atoms with Crippen molar-refractivity contribution in [2.75, 3.05) is 5.32 Å². The van der Waals surface area contributed by atoms with Crippen molar-refractivity contribution in [2.24, 2.45) is 12.2 Å². The van der Waals surface area contributed by atoms with E-state index in [2.05, 4.69) is 15.7 Å². The van der Waals surface area contributed by atoms with Crippen molar-refractivity contribution in [2.45, 2.75) is 11.4 Å². The van der Waals surface area contributed by atoms with Gasteiger partial charge in [-0.15, -0.1) is 0 Å². The van der Waals surface area contributed by atoms with E-state index in [0.717, 1.165) is 5.56 Å². The van der Waals surface area contributed by atoms with Crippen LogP contribution in [-0.2, 0) is 23.6 Å². The van der Waals surface area contributed by atoms with E-state index in [1.165, 1.54) is 17.9 Å². The van der Waals surface area contributed by atoms with Gasteiger partial charge in [0.25, 0.3) is 0 Å². The number of hydrogen-bond donors (Lipinski definition) is 3. The predicted octanol–water partition coefficient (Wildman–Crippen LogP) is 0.389. The zero-order chi connectivity index (χ0) is 15.5. The van der Waals surface area contributed by atoms with Gasteiger partial charge in [0.2, 0.25) is 10.0 Å². The number of urea groups is 1. The smallest absolute Gasteiger partial charge is 0.320 e. The molecule has 0 saturated heterocycles. The minimum atomic E-state index is -3.95. The number of rotatable bonds is 4. The van der Waals surface area contributed by atoms with Gasteiger partial charge in [-0.05, 0) is 5.56 Å². The van der Waals surface area contributed by atoms with Crippen molar-refractivity contribution < 1.29 is 13.2 Å². The summed E-state index contributed by atoms with van der Waals surface area (Å²) >= 11 is 0. The van der Waals surface area contributed by atoms with Gasteiger partial charge in [0, 0.05) is 19.8 Å². The van der Waals surface area contributed by atoms with E-state index in [4.69, 9.17) is 5.14 Å². The minimum absolute atomic E-state index is 0.106. The number of anilines is 1. The normalized spacial score (nSPS) is 11.1. The number of nitrogens with one attached hydrogen (secondary N) is 2. The molecule has 0 aliphatic rings. The summed E-state index contributed by atoms with van der Waals surface area (Å²) in [6.45, 7) is 0.310. The third-order valence-electron chi connectivity index (χ3n) is 2.63. The molecule has 0 unspecified atom stereocenters. The van der Waals surface area contributed by atoms with Crippen LogP contribution in [0.25, 0.3) is 0 Å². The summed E-state index contributed by atoms with van der Waals surface area (Å²) in [7, 11) is -2.42. The molecule has 0 saturated carbocycles. The molecule has 0 radical (unpaired) electrons. The van der Waals surface area contributed by atoms with Crippen LogP contribution < -0.4 is 15.8 Å². The van der Waals surface area contributed by atoms with E-state index < -0.39 is 16.1 Å². The fourth-order valence-corrected chi connectivity index (χ4v) is 2.35. The Balaban J connectivity index is 2.04. The topological polar surface area (TPSA) is 119 Å². The summed E-state index contributed by atoms with van der Waals surface area (Å²) in [4.78, 5) is 11.5. The average Bonchev–Trinajstić information content (AvgIpc) is 2.78. The number of benzene rings is 1. The maximum atomic E-state index is 11.8. The fraction of sp³-hybridized carbons (Fsp3) is 0.167. The molecule has 2 amide bonds. The van der Waals surface area contributed by atoms with Gasteiger partial charge in [0.05, 0.1) is 0 Å². The Morgan fingerprint density at radius 1 is 1.33 bits per heavy atom. The Morgan fingerprint density at radius 2 is 2.00 bits per heavy atom. The lowest BCUT2D eigenvalue weighted by Gasteiger charge is -2.06. The van der Waals surface area contributed by atoms with E-state index in [1.807, 2.05) is 30.3 Å². The van der Waals surface area contributed by atoms with Crippen LogP contribution in [0.1, 0.15) is 5.56 Å². The van der Waals surface area contributed by atoms with Crippen molar-refractivity contribution in [1.29, 1.82) is 0 Å². The molecule has 9 heteroatoms. The predicted molar refractivity (Wildman–Crippen MR) is 76.9 cm³/mol. The molecule has 2 rings (SSSR count). The molecule has 21 heavy (non-hydrogen) atoms. The number of carbonyl (C=O) groups excluding carboxylic acids is 1. The molecule has 0 bridgehead atoms. The van der Waals surface area contributed by atoms with Crippen molar-refractivity contribution in [3.05, 3.63) is 42.1 Å². The molecule has 1 aromatic heterocycles. The largest absolute Gasteiger partial charge is 0.334 e. The summed E-state index contributed by atoms with van der Waals surface area (Å²) in [6.07, 6.45) is 1.22. The number of amides is 2. The van der Waals surface area contributed by atoms with Crippen LogP contribution >= 0.6 is 0 Å². The van der Waals surface area contributed by atoms with Gasteiger partial charge in [0.15, 0.2) is 5.82 Å². The second-order valence-corrected chi connectivity index (χ2v) is 5.88. The van der Waals surface area contributed by atoms with Crippen LogP contribution in [0.5, 0.6) is 0 Å². The molecule has 112 valence electrons. The standard InChI is InChI=1S/C12H15N5O3S/c1-17-8-10(21(13,19)20)11(16-17)15-12(18)14-7-9-5-3-2-4-6-9/h2-6,8H,7H2,1H3,(H2,13,19,20)(H2,14,15,16,18). The van der Waals surface area contributed by atoms with Crippen molar-refractivity contribution in [1.82, 2.24) is 15.1 Å². The maximum absolute atomic E-state index is 11.8. The first-order chi connectivity index (χ1) is 9.86. The van der Waals surface area contributed by atoms with Crippen molar-refractivity contribution >= 4 is 21.9 Å². The summed E-state index contributed by atoms with van der Waals surface area (Å²) < 4.78 is 24.0. The Hall–Kier alpha value is -2.39. The minimum Gasteiger partial charge on any atom is -0.334 e. The lowest BCUT2D eigenvalue weighted by Crippen LogP contribution is -2.29. The van der Waals surface area contributed by atoms with Crippen molar-refractivity contribution in [3.63, 3.8) is 0 Å². The molecule has 8 nitrogen and oxygen atoms in total. The second-order valence-electron chi connectivity index (χ2n) is 4.35. The molecule has 1 aromatic carbocycles. The summed E-state index contributed by atoms with van der Waals surface area (Å²) in [5.74, 6) is -0.106. The summed E-state index contributed by atoms with van der Waals surface area (Å²) in [6, 6.07) is 8.73. The maximum Gasteiger partial charge on any atom is 0.320 e. The highest BCUT2D eigenvalue weighted by atomic mass is 32.2. The molecule has 0 fully saturated rings. The van der Waals surface area contributed by atoms with E-state index in [0.29, 0.717) is 6.54 Å². The van der Waals surface area contributed by atoms with Gasteiger partial charge in [-0.2, -0.15) is 5.10 Å². The highest BCUT2D eigenvalue weighted by Crippen LogP contribution is 2.16. The zero-order valence-electron chi connectivity index (χ0n) is 11.3. The molecule has 0 atom stereocenters. The number of carbonyl (C=O) groups is 1. The van der Waals surface area contributed by atoms with Crippen LogP contribution in [0.3, 0.4) is 0 Å². The Labute approximate surface area is 122 Å². The molecular weight excluding hydrogens is 294 g/mol. The number of primary sulfonamides is 1. The number of hydrogen-bond acceptors (Lipinski definition) is 4. The van der Waals surface area contributed by atoms with E-state index in [9.17, 15) is 13.2 Å². The average molecular weight is 309 g/mol. The van der Waals surface area contributed by atoms with Crippen LogP contribution in [0, 0.1) is 0 Å². The summed E-state index contributed by atoms with van der Waals surface area (Å²) in [5, 5.41) is 13.9. The molecule has 1 heterocycles. The molecular formula is C12H15N5O3S. The SMILES string of the molecule is Cn1cc(S(N)(=O)=O)c(NC(=O)NCc2ccccc2)n1. The molecule has 4 N–H and O–H groups in total. The second kappa shape index (κ2) is 5.94. The van der Waals surface area contributed by atoms with Gasteiger partial charge < -0.3 is 5.32 Å². The third kappa shape index (κ3) is 4.04. The van der Waals surface area contributed by atoms with Gasteiger partial charge in [-0.25, -0.2) is 18.4 Å². The van der Waals surface area contributed by atoms with Crippen LogP contribution in [-0.4, -0.2) is 24.2 Å². The zero-order valence-corrected chi connectivity index (χ0v) is 12.1. The van der Waals surface area contributed by atoms with Crippen LogP contribution in [0.2, 0.25) is 0 Å². The molecule has 0 aliphatic carbocycles. The lowest BCUT2D eigenvalue weighted by molar-refractivity contribution is 0.251. The first kappa shape index (κ1) is 15.0. The number of nitrogens with zero attached hydrogens (tertiary/aromatic N) is 2. The van der Waals surface area contributed by atoms with Crippen LogP contribution in [0.4, 0.5) is 10.6 Å². The Kier molecular flexibility index (Phi) is 4.24. The van der Waals surface area contributed by atoms with Gasteiger partial charge >= 0.3 is 6.03 Å². The van der Waals surface area contributed by atoms with Gasteiger partial charge in [-0.1, -0.05) is 30.3 Å². The first-order valence-electron chi connectivity index (χ1n) is 6.01. The van der Waals surface area contributed by atoms with E-state index >= 15 is 0 Å². The quantitative estimate of drug-likeness (QED) is 0.756. The fourth-order valence-electron chi connectivity index (χ4n) is 1.69. The van der Waals surface area contributed by atoms with Gasteiger partial charge in [-0.3, -0.25) is 10.00 Å². The monoisotopic (exact) mass is 309 g/mol. The molecule has 0 spiro atoms. The lowest BCUT2D eigenvalue weighted by atomic mass is 10.2. The highest BCUT2D eigenvalue weighted by molar-refractivity contribution is 7.89.